The first-order chi connectivity index (χ1) is 8.63. The minimum absolute atomic E-state index is 0.0664. The van der Waals surface area contributed by atoms with Gasteiger partial charge in [-0.05, 0) is 6.42 Å². The molecule has 2 heterocycles. The Balaban J connectivity index is 2.18. The number of rotatable bonds is 4. The van der Waals surface area contributed by atoms with Crippen molar-refractivity contribution in [1.82, 2.24) is 25.0 Å². The van der Waals surface area contributed by atoms with Crippen molar-refractivity contribution in [3.8, 4) is 0 Å². The van der Waals surface area contributed by atoms with Gasteiger partial charge < -0.3 is 10.2 Å². The molecule has 7 heteroatoms. The summed E-state index contributed by atoms with van der Waals surface area (Å²) in [5.74, 6) is 0.522. The van der Waals surface area contributed by atoms with Crippen LogP contribution >= 0.6 is 0 Å². The molecule has 0 aliphatic carbocycles. The van der Waals surface area contributed by atoms with E-state index < -0.39 is 6.04 Å². The van der Waals surface area contributed by atoms with Crippen LogP contribution in [-0.2, 0) is 23.2 Å². The van der Waals surface area contributed by atoms with Crippen molar-refractivity contribution in [3.63, 3.8) is 0 Å². The zero-order chi connectivity index (χ0) is 13.1. The molecular weight excluding hydrogens is 234 g/mol. The number of nitrogens with zero attached hydrogens (tertiary/aromatic N) is 4. The molecule has 1 aromatic rings. The van der Waals surface area contributed by atoms with Gasteiger partial charge in [-0.15, -0.1) is 0 Å². The third-order valence-corrected chi connectivity index (χ3v) is 3.09. The predicted octanol–water partition coefficient (Wildman–Crippen LogP) is -0.558. The van der Waals surface area contributed by atoms with Crippen LogP contribution in [0, 0.1) is 0 Å². The Morgan fingerprint density at radius 1 is 1.50 bits per heavy atom. The third-order valence-electron chi connectivity index (χ3n) is 3.09. The van der Waals surface area contributed by atoms with E-state index in [-0.39, 0.29) is 18.4 Å². The van der Waals surface area contributed by atoms with E-state index in [0.717, 1.165) is 6.42 Å². The Morgan fingerprint density at radius 2 is 2.28 bits per heavy atom. The van der Waals surface area contributed by atoms with Crippen molar-refractivity contribution >= 4 is 11.8 Å². The van der Waals surface area contributed by atoms with Gasteiger partial charge >= 0.3 is 0 Å². The van der Waals surface area contributed by atoms with Crippen LogP contribution in [0.15, 0.2) is 6.33 Å². The molecule has 7 nitrogen and oxygen atoms in total. The van der Waals surface area contributed by atoms with E-state index in [1.165, 1.54) is 6.33 Å². The smallest absolute Gasteiger partial charge is 0.243 e. The molecule has 0 spiro atoms. The molecule has 1 unspecified atom stereocenters. The van der Waals surface area contributed by atoms with Crippen molar-refractivity contribution in [2.75, 3.05) is 6.54 Å². The maximum Gasteiger partial charge on any atom is 0.243 e. The summed E-state index contributed by atoms with van der Waals surface area (Å²) in [6.07, 6.45) is 2.95. The summed E-state index contributed by atoms with van der Waals surface area (Å²) in [4.78, 5) is 29.4. The van der Waals surface area contributed by atoms with Gasteiger partial charge in [-0.3, -0.25) is 14.3 Å². The molecule has 0 aromatic carbocycles. The third kappa shape index (κ3) is 2.34. The molecule has 1 aliphatic rings. The Morgan fingerprint density at radius 3 is 2.89 bits per heavy atom. The first kappa shape index (κ1) is 12.5. The second kappa shape index (κ2) is 5.16. The number of aromatic nitrogens is 3. The zero-order valence-corrected chi connectivity index (χ0v) is 10.6. The highest BCUT2D eigenvalue weighted by atomic mass is 16.2. The highest BCUT2D eigenvalue weighted by molar-refractivity contribution is 5.94. The molecule has 1 N–H and O–H groups in total. The normalized spacial score (nSPS) is 20.1. The van der Waals surface area contributed by atoms with Crippen LogP contribution in [0.5, 0.6) is 0 Å². The van der Waals surface area contributed by atoms with Crippen LogP contribution in [-0.4, -0.2) is 44.1 Å². The molecule has 18 heavy (non-hydrogen) atoms. The number of piperazine rings is 1. The van der Waals surface area contributed by atoms with Crippen molar-refractivity contribution in [2.24, 2.45) is 7.05 Å². The number of amides is 2. The second-order valence-corrected chi connectivity index (χ2v) is 4.34. The zero-order valence-electron chi connectivity index (χ0n) is 10.6. The van der Waals surface area contributed by atoms with Crippen LogP contribution in [0.2, 0.25) is 0 Å². The van der Waals surface area contributed by atoms with E-state index >= 15 is 0 Å². The van der Waals surface area contributed by atoms with Gasteiger partial charge in [-0.2, -0.15) is 5.10 Å². The van der Waals surface area contributed by atoms with E-state index in [1.807, 2.05) is 6.92 Å². The number of nitrogens with one attached hydrogen (secondary N) is 1. The van der Waals surface area contributed by atoms with E-state index in [2.05, 4.69) is 15.4 Å². The van der Waals surface area contributed by atoms with Gasteiger partial charge in [0, 0.05) is 7.05 Å². The van der Waals surface area contributed by atoms with Crippen molar-refractivity contribution in [1.29, 1.82) is 0 Å². The lowest BCUT2D eigenvalue weighted by Gasteiger charge is -2.34. The van der Waals surface area contributed by atoms with Gasteiger partial charge in [0.15, 0.2) is 0 Å². The lowest BCUT2D eigenvalue weighted by Crippen LogP contribution is -2.58. The maximum absolute atomic E-state index is 11.9. The summed E-state index contributed by atoms with van der Waals surface area (Å²) >= 11 is 0. The molecule has 1 aromatic heterocycles. The summed E-state index contributed by atoms with van der Waals surface area (Å²) in [5, 5.41) is 6.58. The fourth-order valence-corrected chi connectivity index (χ4v) is 2.07. The summed E-state index contributed by atoms with van der Waals surface area (Å²) in [6, 6.07) is -0.395. The fourth-order valence-electron chi connectivity index (χ4n) is 2.07. The lowest BCUT2D eigenvalue weighted by molar-refractivity contribution is -0.146. The average molecular weight is 251 g/mol. The Hall–Kier alpha value is -1.92. The topological polar surface area (TPSA) is 80.1 Å². The molecule has 2 amide bonds. The highest BCUT2D eigenvalue weighted by Crippen LogP contribution is 2.14. The SMILES string of the molecule is CCCC1C(=O)NCC(=O)N1Cc1ncnn1C. The minimum Gasteiger partial charge on any atom is -0.345 e. The quantitative estimate of drug-likeness (QED) is 0.778. The first-order valence-electron chi connectivity index (χ1n) is 6.03. The Labute approximate surface area is 105 Å². The minimum atomic E-state index is -0.395. The van der Waals surface area contributed by atoms with Crippen LogP contribution in [0.3, 0.4) is 0 Å². The van der Waals surface area contributed by atoms with Gasteiger partial charge in [-0.1, -0.05) is 13.3 Å². The second-order valence-electron chi connectivity index (χ2n) is 4.34. The van der Waals surface area contributed by atoms with E-state index in [9.17, 15) is 9.59 Å². The van der Waals surface area contributed by atoms with Gasteiger partial charge in [-0.25, -0.2) is 4.98 Å². The number of carbonyl (C=O) groups is 2. The van der Waals surface area contributed by atoms with Crippen molar-refractivity contribution < 1.29 is 9.59 Å². The highest BCUT2D eigenvalue weighted by Gasteiger charge is 2.34. The molecule has 2 rings (SSSR count). The van der Waals surface area contributed by atoms with E-state index in [0.29, 0.717) is 18.8 Å². The van der Waals surface area contributed by atoms with Crippen LogP contribution in [0.4, 0.5) is 0 Å². The first-order valence-corrected chi connectivity index (χ1v) is 6.03. The van der Waals surface area contributed by atoms with Crippen LogP contribution in [0.1, 0.15) is 25.6 Å². The Kier molecular flexibility index (Phi) is 3.59. The number of hydrogen-bond donors (Lipinski definition) is 1. The average Bonchev–Trinajstić information content (AvgIpc) is 2.74. The molecule has 0 radical (unpaired) electrons. The van der Waals surface area contributed by atoms with E-state index in [4.69, 9.17) is 0 Å². The monoisotopic (exact) mass is 251 g/mol. The standard InChI is InChI=1S/C11H17N5O2/c1-3-4-8-11(18)12-5-10(17)16(8)6-9-13-7-14-15(9)2/h7-8H,3-6H2,1-2H3,(H,12,18). The summed E-state index contributed by atoms with van der Waals surface area (Å²) in [7, 11) is 1.77. The van der Waals surface area contributed by atoms with Gasteiger partial charge in [0.2, 0.25) is 11.8 Å². The van der Waals surface area contributed by atoms with Gasteiger partial charge in [0.25, 0.3) is 0 Å². The summed E-state index contributed by atoms with van der Waals surface area (Å²) in [6.45, 7) is 2.39. The molecule has 1 fully saturated rings. The molecule has 1 atom stereocenters. The number of hydrogen-bond acceptors (Lipinski definition) is 4. The molecule has 0 saturated carbocycles. The molecule has 1 aliphatic heterocycles. The number of carbonyl (C=O) groups excluding carboxylic acids is 2. The molecule has 1 saturated heterocycles. The van der Waals surface area contributed by atoms with Crippen molar-refractivity contribution in [3.05, 3.63) is 12.2 Å². The number of aryl methyl sites for hydroxylation is 1. The summed E-state index contributed by atoms with van der Waals surface area (Å²) < 4.78 is 1.61. The van der Waals surface area contributed by atoms with Crippen molar-refractivity contribution in [2.45, 2.75) is 32.4 Å². The summed E-state index contributed by atoms with van der Waals surface area (Å²) in [5.41, 5.74) is 0. The van der Waals surface area contributed by atoms with Gasteiger partial charge in [0.05, 0.1) is 13.1 Å². The lowest BCUT2D eigenvalue weighted by atomic mass is 10.1. The fraction of sp³-hybridized carbons (Fsp3) is 0.636. The maximum atomic E-state index is 11.9. The van der Waals surface area contributed by atoms with Crippen LogP contribution in [0.25, 0.3) is 0 Å². The Bertz CT molecular complexity index is 456. The molecule has 98 valence electrons. The molecule has 0 bridgehead atoms. The van der Waals surface area contributed by atoms with Gasteiger partial charge in [0.1, 0.15) is 18.2 Å². The molecular formula is C11H17N5O2. The predicted molar refractivity (Wildman–Crippen MR) is 63.3 cm³/mol. The van der Waals surface area contributed by atoms with E-state index in [1.54, 1.807) is 16.6 Å². The van der Waals surface area contributed by atoms with Crippen LogP contribution < -0.4 is 5.32 Å². The largest absolute Gasteiger partial charge is 0.345 e.